The van der Waals surface area contributed by atoms with Gasteiger partial charge in [0.25, 0.3) is 0 Å². The summed E-state index contributed by atoms with van der Waals surface area (Å²) >= 11 is 3.62. The van der Waals surface area contributed by atoms with Crippen molar-refractivity contribution in [3.05, 3.63) is 34.3 Å². The molecule has 0 spiro atoms. The summed E-state index contributed by atoms with van der Waals surface area (Å²) in [6.45, 7) is 5.27. The smallest absolute Gasteiger partial charge is 0.0210 e. The average Bonchev–Trinajstić information content (AvgIpc) is 2.32. The highest BCUT2D eigenvalue weighted by atomic mass is 79.9. The van der Waals surface area contributed by atoms with Crippen LogP contribution in [0.2, 0.25) is 0 Å². The van der Waals surface area contributed by atoms with E-state index in [0.29, 0.717) is 5.92 Å². The molecule has 1 rings (SSSR count). The van der Waals surface area contributed by atoms with Gasteiger partial charge in [0.2, 0.25) is 0 Å². The molecule has 0 aliphatic heterocycles. The van der Waals surface area contributed by atoms with Gasteiger partial charge in [-0.2, -0.15) is 0 Å². The Kier molecular flexibility index (Phi) is 6.07. The summed E-state index contributed by atoms with van der Waals surface area (Å²) in [5.74, 6) is 1.28. The third kappa shape index (κ3) is 3.60. The summed E-state index contributed by atoms with van der Waals surface area (Å²) in [7, 11) is 0. The fraction of sp³-hybridized carbons (Fsp3) is 0.571. The Morgan fingerprint density at radius 1 is 1.19 bits per heavy atom. The molecule has 0 aliphatic carbocycles. The molecule has 0 fully saturated rings. The molecule has 0 saturated heterocycles. The molecule has 0 saturated carbocycles. The van der Waals surface area contributed by atoms with Crippen LogP contribution in [-0.4, -0.2) is 6.54 Å². The van der Waals surface area contributed by atoms with Crippen LogP contribution < -0.4 is 5.73 Å². The summed E-state index contributed by atoms with van der Waals surface area (Å²) in [6.07, 6.45) is 3.70. The molecule has 16 heavy (non-hydrogen) atoms. The van der Waals surface area contributed by atoms with Gasteiger partial charge in [0.1, 0.15) is 0 Å². The van der Waals surface area contributed by atoms with E-state index in [-0.39, 0.29) is 0 Å². The average molecular weight is 284 g/mol. The molecule has 2 heteroatoms. The summed E-state index contributed by atoms with van der Waals surface area (Å²) in [5, 5.41) is 0. The zero-order valence-corrected chi connectivity index (χ0v) is 11.8. The van der Waals surface area contributed by atoms with Crippen LogP contribution in [0.25, 0.3) is 0 Å². The normalized spacial score (nSPS) is 13.1. The lowest BCUT2D eigenvalue weighted by Crippen LogP contribution is -2.16. The molecule has 0 heterocycles. The highest BCUT2D eigenvalue weighted by Gasteiger charge is 2.16. The van der Waals surface area contributed by atoms with Crippen molar-refractivity contribution in [1.29, 1.82) is 0 Å². The van der Waals surface area contributed by atoms with E-state index in [1.54, 1.807) is 0 Å². The fourth-order valence-electron chi connectivity index (χ4n) is 2.18. The lowest BCUT2D eigenvalue weighted by atomic mass is 9.86. The zero-order chi connectivity index (χ0) is 12.0. The van der Waals surface area contributed by atoms with Crippen LogP contribution in [0.3, 0.4) is 0 Å². The second-order valence-corrected chi connectivity index (χ2v) is 5.23. The maximum Gasteiger partial charge on any atom is 0.0210 e. The first kappa shape index (κ1) is 13.7. The van der Waals surface area contributed by atoms with Crippen LogP contribution in [0.5, 0.6) is 0 Å². The molecule has 0 amide bonds. The van der Waals surface area contributed by atoms with Crippen molar-refractivity contribution in [3.8, 4) is 0 Å². The highest BCUT2D eigenvalue weighted by Crippen LogP contribution is 2.30. The minimum absolute atomic E-state index is 0.487. The molecule has 0 aromatic heterocycles. The molecule has 1 aromatic carbocycles. The first-order chi connectivity index (χ1) is 7.72. The molecule has 2 N–H and O–H groups in total. The standard InChI is InChI=1S/C14H22BrN/c1-3-11(4-2)9-12(10-16)13-7-5-6-8-14(13)15/h5-8,11-12H,3-4,9-10,16H2,1-2H3. The first-order valence-electron chi connectivity index (χ1n) is 6.17. The van der Waals surface area contributed by atoms with Crippen molar-refractivity contribution in [3.63, 3.8) is 0 Å². The molecule has 1 atom stereocenters. The lowest BCUT2D eigenvalue weighted by Gasteiger charge is -2.21. The minimum Gasteiger partial charge on any atom is -0.330 e. The maximum atomic E-state index is 5.91. The van der Waals surface area contributed by atoms with E-state index >= 15 is 0 Å². The number of benzene rings is 1. The Morgan fingerprint density at radius 3 is 2.31 bits per heavy atom. The molecule has 1 nitrogen and oxygen atoms in total. The van der Waals surface area contributed by atoms with E-state index in [4.69, 9.17) is 5.73 Å². The third-order valence-corrected chi connectivity index (χ3v) is 4.12. The molecule has 0 aliphatic rings. The van der Waals surface area contributed by atoms with Gasteiger partial charge in [-0.25, -0.2) is 0 Å². The molecular weight excluding hydrogens is 262 g/mol. The van der Waals surface area contributed by atoms with Crippen LogP contribution in [0.15, 0.2) is 28.7 Å². The molecule has 1 aromatic rings. The van der Waals surface area contributed by atoms with Gasteiger partial charge < -0.3 is 5.73 Å². The minimum atomic E-state index is 0.487. The highest BCUT2D eigenvalue weighted by molar-refractivity contribution is 9.10. The van der Waals surface area contributed by atoms with Gasteiger partial charge in [0.15, 0.2) is 0 Å². The van der Waals surface area contributed by atoms with Crippen molar-refractivity contribution in [2.24, 2.45) is 11.7 Å². The summed E-state index contributed by atoms with van der Waals surface area (Å²) < 4.78 is 1.19. The predicted molar refractivity (Wildman–Crippen MR) is 74.6 cm³/mol. The summed E-state index contributed by atoms with van der Waals surface area (Å²) in [4.78, 5) is 0. The fourth-order valence-corrected chi connectivity index (χ4v) is 2.79. The largest absolute Gasteiger partial charge is 0.330 e. The molecule has 0 radical (unpaired) electrons. The molecule has 1 unspecified atom stereocenters. The second kappa shape index (κ2) is 7.08. The van der Waals surface area contributed by atoms with E-state index in [1.165, 1.54) is 29.3 Å². The number of hydrogen-bond acceptors (Lipinski definition) is 1. The van der Waals surface area contributed by atoms with Crippen molar-refractivity contribution >= 4 is 15.9 Å². The Hall–Kier alpha value is -0.340. The third-order valence-electron chi connectivity index (χ3n) is 3.40. The van der Waals surface area contributed by atoms with Gasteiger partial charge in [-0.3, -0.25) is 0 Å². The summed E-state index contributed by atoms with van der Waals surface area (Å²) in [5.41, 5.74) is 7.27. The first-order valence-corrected chi connectivity index (χ1v) is 6.96. The quantitative estimate of drug-likeness (QED) is 0.827. The Bertz CT molecular complexity index is 307. The zero-order valence-electron chi connectivity index (χ0n) is 10.2. The second-order valence-electron chi connectivity index (χ2n) is 4.37. The predicted octanol–water partition coefficient (Wildman–Crippen LogP) is 4.32. The molecular formula is C14H22BrN. The van der Waals surface area contributed by atoms with Crippen molar-refractivity contribution in [2.45, 2.75) is 39.0 Å². The maximum absolute atomic E-state index is 5.91. The van der Waals surface area contributed by atoms with E-state index in [2.05, 4.69) is 54.0 Å². The Balaban J connectivity index is 2.78. The van der Waals surface area contributed by atoms with E-state index in [1.807, 2.05) is 0 Å². The van der Waals surface area contributed by atoms with Gasteiger partial charge in [-0.05, 0) is 36.4 Å². The van der Waals surface area contributed by atoms with E-state index in [9.17, 15) is 0 Å². The van der Waals surface area contributed by atoms with Crippen LogP contribution in [-0.2, 0) is 0 Å². The van der Waals surface area contributed by atoms with Gasteiger partial charge in [0.05, 0.1) is 0 Å². The number of hydrogen-bond donors (Lipinski definition) is 1. The lowest BCUT2D eigenvalue weighted by molar-refractivity contribution is 0.412. The SMILES string of the molecule is CCC(CC)CC(CN)c1ccccc1Br. The van der Waals surface area contributed by atoms with Gasteiger partial charge in [-0.15, -0.1) is 0 Å². The number of halogens is 1. The Morgan fingerprint density at radius 2 is 1.81 bits per heavy atom. The number of rotatable bonds is 6. The van der Waals surface area contributed by atoms with Crippen molar-refractivity contribution in [1.82, 2.24) is 0 Å². The van der Waals surface area contributed by atoms with Crippen molar-refractivity contribution in [2.75, 3.05) is 6.54 Å². The van der Waals surface area contributed by atoms with Crippen LogP contribution >= 0.6 is 15.9 Å². The van der Waals surface area contributed by atoms with Gasteiger partial charge in [-0.1, -0.05) is 60.8 Å². The van der Waals surface area contributed by atoms with E-state index < -0.39 is 0 Å². The number of nitrogens with two attached hydrogens (primary N) is 1. The monoisotopic (exact) mass is 283 g/mol. The van der Waals surface area contributed by atoms with Gasteiger partial charge >= 0.3 is 0 Å². The summed E-state index contributed by atoms with van der Waals surface area (Å²) in [6, 6.07) is 8.43. The van der Waals surface area contributed by atoms with E-state index in [0.717, 1.165) is 12.5 Å². The van der Waals surface area contributed by atoms with Crippen LogP contribution in [0.1, 0.15) is 44.6 Å². The molecule has 90 valence electrons. The topological polar surface area (TPSA) is 26.0 Å². The van der Waals surface area contributed by atoms with Gasteiger partial charge in [0, 0.05) is 4.47 Å². The van der Waals surface area contributed by atoms with Crippen LogP contribution in [0.4, 0.5) is 0 Å². The van der Waals surface area contributed by atoms with Crippen LogP contribution in [0, 0.1) is 5.92 Å². The van der Waals surface area contributed by atoms with Crippen molar-refractivity contribution < 1.29 is 0 Å². The molecule has 0 bridgehead atoms. The Labute approximate surface area is 108 Å².